The molecule has 0 aliphatic rings. The lowest BCUT2D eigenvalue weighted by molar-refractivity contribution is -0.384. The van der Waals surface area contributed by atoms with Crippen LogP contribution in [0, 0.1) is 17.0 Å². The van der Waals surface area contributed by atoms with Gasteiger partial charge in [-0.05, 0) is 30.7 Å². The molecule has 7 nitrogen and oxygen atoms in total. The summed E-state index contributed by atoms with van der Waals surface area (Å²) in [6, 6.07) is 7.23. The van der Waals surface area contributed by atoms with E-state index in [9.17, 15) is 24.8 Å². The molecular weight excluding hydrogens is 338 g/mol. The van der Waals surface area contributed by atoms with Crippen molar-refractivity contribution in [3.63, 3.8) is 0 Å². The summed E-state index contributed by atoms with van der Waals surface area (Å²) < 4.78 is 4.79. The van der Waals surface area contributed by atoms with E-state index in [0.717, 1.165) is 11.6 Å². The smallest absolute Gasteiger partial charge is 0.351 e. The number of non-ortho nitro benzene ring substituents is 1. The maximum atomic E-state index is 11.9. The topological polar surface area (TPSA) is 111 Å². The predicted octanol–water partition coefficient (Wildman–Crippen LogP) is 3.57. The van der Waals surface area contributed by atoms with Gasteiger partial charge in [0.2, 0.25) is 0 Å². The number of benzene rings is 1. The highest BCUT2D eigenvalue weighted by molar-refractivity contribution is 6.06. The lowest BCUT2D eigenvalue weighted by Crippen LogP contribution is -2.12. The number of rotatable bonds is 6. The van der Waals surface area contributed by atoms with Gasteiger partial charge in [0.1, 0.15) is 17.1 Å². The van der Waals surface area contributed by atoms with Gasteiger partial charge in [0.15, 0.2) is 5.78 Å². The maximum absolute atomic E-state index is 11.9. The van der Waals surface area contributed by atoms with Crippen molar-refractivity contribution in [3.05, 3.63) is 98.1 Å². The number of hydrogen-bond donors (Lipinski definition) is 1. The fraction of sp³-hybridized carbons (Fsp3) is 0.0526. The number of carbonyl (C=O) groups is 1. The summed E-state index contributed by atoms with van der Waals surface area (Å²) in [4.78, 5) is 33.6. The molecule has 0 unspecified atom stereocenters. The van der Waals surface area contributed by atoms with E-state index < -0.39 is 27.6 Å². The Morgan fingerprint density at radius 3 is 2.42 bits per heavy atom. The Balaban J connectivity index is 1.98. The first-order valence-electron chi connectivity index (χ1n) is 7.52. The number of carbonyl (C=O) groups excluding carboxylic acids is 1. The molecule has 0 aliphatic carbocycles. The summed E-state index contributed by atoms with van der Waals surface area (Å²) >= 11 is 0. The SMILES string of the molecule is Cc1cc(O)c(C(=O)/C=C/C=C/C=C/c2ccc([N+](=O)[O-])cc2)c(=O)o1. The molecule has 2 aromatic rings. The van der Waals surface area contributed by atoms with E-state index in [2.05, 4.69) is 0 Å². The minimum Gasteiger partial charge on any atom is -0.507 e. The molecule has 0 amide bonds. The average Bonchev–Trinajstić information content (AvgIpc) is 2.57. The summed E-state index contributed by atoms with van der Waals surface area (Å²) in [7, 11) is 0. The quantitative estimate of drug-likeness (QED) is 0.279. The molecule has 0 radical (unpaired) electrons. The normalized spacial score (nSPS) is 11.6. The van der Waals surface area contributed by atoms with E-state index in [1.54, 1.807) is 36.4 Å². The third kappa shape index (κ3) is 4.88. The Labute approximate surface area is 148 Å². The first-order chi connectivity index (χ1) is 12.4. The number of nitro groups is 1. The third-order valence-electron chi connectivity index (χ3n) is 3.27. The van der Waals surface area contributed by atoms with E-state index in [-0.39, 0.29) is 11.4 Å². The van der Waals surface area contributed by atoms with Crippen LogP contribution in [0.1, 0.15) is 21.7 Å². The zero-order chi connectivity index (χ0) is 19.1. The minimum absolute atomic E-state index is 0.0166. The van der Waals surface area contributed by atoms with Crippen molar-refractivity contribution in [2.45, 2.75) is 6.92 Å². The fourth-order valence-corrected chi connectivity index (χ4v) is 2.05. The molecule has 1 heterocycles. The lowest BCUT2D eigenvalue weighted by Gasteiger charge is -1.99. The van der Waals surface area contributed by atoms with Gasteiger partial charge >= 0.3 is 5.63 Å². The van der Waals surface area contributed by atoms with Gasteiger partial charge in [0.05, 0.1) is 4.92 Å². The molecule has 132 valence electrons. The Hall–Kier alpha value is -3.74. The molecule has 26 heavy (non-hydrogen) atoms. The molecule has 0 saturated heterocycles. The zero-order valence-corrected chi connectivity index (χ0v) is 13.8. The first-order valence-corrected chi connectivity index (χ1v) is 7.52. The van der Waals surface area contributed by atoms with Crippen molar-refractivity contribution in [2.24, 2.45) is 0 Å². The maximum Gasteiger partial charge on any atom is 0.351 e. The van der Waals surface area contributed by atoms with Gasteiger partial charge in [0, 0.05) is 18.2 Å². The van der Waals surface area contributed by atoms with E-state index >= 15 is 0 Å². The summed E-state index contributed by atoms with van der Waals surface area (Å²) in [5.74, 6) is -0.875. The molecule has 0 atom stereocenters. The van der Waals surface area contributed by atoms with Crippen molar-refractivity contribution in [2.75, 3.05) is 0 Å². The number of nitrogens with zero attached hydrogens (tertiary/aromatic N) is 1. The van der Waals surface area contributed by atoms with Crippen molar-refractivity contribution >= 4 is 17.5 Å². The van der Waals surface area contributed by atoms with Crippen molar-refractivity contribution in [1.82, 2.24) is 0 Å². The van der Waals surface area contributed by atoms with Crippen LogP contribution < -0.4 is 5.63 Å². The van der Waals surface area contributed by atoms with Gasteiger partial charge in [-0.2, -0.15) is 0 Å². The van der Waals surface area contributed by atoms with Crippen LogP contribution in [0.15, 0.2) is 69.9 Å². The van der Waals surface area contributed by atoms with Crippen LogP contribution in [0.4, 0.5) is 5.69 Å². The minimum atomic E-state index is -0.890. The third-order valence-corrected chi connectivity index (χ3v) is 3.27. The second-order valence-electron chi connectivity index (χ2n) is 5.22. The van der Waals surface area contributed by atoms with Gasteiger partial charge in [-0.15, -0.1) is 0 Å². The second kappa shape index (κ2) is 8.39. The molecule has 0 saturated carbocycles. The van der Waals surface area contributed by atoms with Crippen LogP contribution in [-0.2, 0) is 0 Å². The van der Waals surface area contributed by atoms with E-state index in [1.807, 2.05) is 0 Å². The molecule has 1 N–H and O–H groups in total. The van der Waals surface area contributed by atoms with Crippen LogP contribution in [0.2, 0.25) is 0 Å². The molecule has 0 fully saturated rings. The Morgan fingerprint density at radius 1 is 1.15 bits per heavy atom. The predicted molar refractivity (Wildman–Crippen MR) is 96.1 cm³/mol. The van der Waals surface area contributed by atoms with Crippen molar-refractivity contribution < 1.29 is 19.2 Å². The van der Waals surface area contributed by atoms with Crippen molar-refractivity contribution in [3.8, 4) is 5.75 Å². The van der Waals surface area contributed by atoms with Gasteiger partial charge in [-0.1, -0.05) is 30.4 Å². The molecule has 0 bridgehead atoms. The Morgan fingerprint density at radius 2 is 1.81 bits per heavy atom. The molecule has 0 aliphatic heterocycles. The van der Waals surface area contributed by atoms with E-state index in [0.29, 0.717) is 0 Å². The summed E-state index contributed by atoms with van der Waals surface area (Å²) in [5.41, 5.74) is -0.508. The zero-order valence-electron chi connectivity index (χ0n) is 13.8. The molecule has 1 aromatic heterocycles. The van der Waals surface area contributed by atoms with Gasteiger partial charge in [-0.25, -0.2) is 4.79 Å². The molecule has 2 rings (SSSR count). The van der Waals surface area contributed by atoms with Crippen LogP contribution in [0.3, 0.4) is 0 Å². The fourth-order valence-electron chi connectivity index (χ4n) is 2.05. The number of hydrogen-bond acceptors (Lipinski definition) is 6. The molecule has 0 spiro atoms. The van der Waals surface area contributed by atoms with Crippen LogP contribution in [0.25, 0.3) is 6.08 Å². The van der Waals surface area contributed by atoms with Gasteiger partial charge in [0.25, 0.3) is 5.69 Å². The molecule has 7 heteroatoms. The number of aromatic hydroxyl groups is 1. The van der Waals surface area contributed by atoms with Crippen LogP contribution in [-0.4, -0.2) is 15.8 Å². The Bertz CT molecular complexity index is 965. The number of nitro benzene ring substituents is 1. The van der Waals surface area contributed by atoms with Crippen molar-refractivity contribution in [1.29, 1.82) is 0 Å². The monoisotopic (exact) mass is 353 g/mol. The highest BCUT2D eigenvalue weighted by Gasteiger charge is 2.15. The molecule has 1 aromatic carbocycles. The number of aryl methyl sites for hydroxylation is 1. The van der Waals surface area contributed by atoms with E-state index in [1.165, 1.54) is 31.2 Å². The standard InChI is InChI=1S/C19H15NO6/c1-13-12-17(22)18(19(23)26-13)16(21)7-5-3-2-4-6-14-8-10-15(11-9-14)20(24)25/h2-12,22H,1H3/b3-2+,6-4+,7-5+. The number of ketones is 1. The number of allylic oxidation sites excluding steroid dienone is 5. The summed E-state index contributed by atoms with van der Waals surface area (Å²) in [6.07, 6.45) is 9.18. The lowest BCUT2D eigenvalue weighted by atomic mass is 10.1. The largest absolute Gasteiger partial charge is 0.507 e. The average molecular weight is 353 g/mol. The second-order valence-corrected chi connectivity index (χ2v) is 5.22. The first kappa shape index (κ1) is 18.6. The van der Waals surface area contributed by atoms with Gasteiger partial charge < -0.3 is 9.52 Å². The van der Waals surface area contributed by atoms with Crippen LogP contribution >= 0.6 is 0 Å². The highest BCUT2D eigenvalue weighted by Crippen LogP contribution is 2.15. The van der Waals surface area contributed by atoms with E-state index in [4.69, 9.17) is 4.42 Å². The summed E-state index contributed by atoms with van der Waals surface area (Å²) in [6.45, 7) is 1.49. The summed E-state index contributed by atoms with van der Waals surface area (Å²) in [5, 5.41) is 20.2. The Kier molecular flexibility index (Phi) is 6.00. The molecular formula is C19H15NO6. The van der Waals surface area contributed by atoms with Crippen LogP contribution in [0.5, 0.6) is 5.75 Å². The highest BCUT2D eigenvalue weighted by atomic mass is 16.6. The van der Waals surface area contributed by atoms with Gasteiger partial charge in [-0.3, -0.25) is 14.9 Å².